The van der Waals surface area contributed by atoms with E-state index < -0.39 is 0 Å². The molecule has 4 heteroatoms. The van der Waals surface area contributed by atoms with Crippen LogP contribution in [-0.4, -0.2) is 42.4 Å². The molecule has 0 heterocycles. The van der Waals surface area contributed by atoms with Gasteiger partial charge in [-0.15, -0.1) is 0 Å². The first-order valence-corrected chi connectivity index (χ1v) is 6.03. The summed E-state index contributed by atoms with van der Waals surface area (Å²) in [6.45, 7) is 10.2. The maximum Gasteiger partial charge on any atom is 0.169 e. The lowest BCUT2D eigenvalue weighted by molar-refractivity contribution is 0.177. The van der Waals surface area contributed by atoms with E-state index in [0.29, 0.717) is 12.6 Å². The Morgan fingerprint density at radius 1 is 1.40 bits per heavy atom. The Labute approximate surface area is 99.2 Å². The quantitative estimate of drug-likeness (QED) is 0.708. The van der Waals surface area contributed by atoms with Crippen molar-refractivity contribution in [3.63, 3.8) is 0 Å². The number of nitrogens with zero attached hydrogens (tertiary/aromatic N) is 1. The second kappa shape index (κ2) is 7.88. The summed E-state index contributed by atoms with van der Waals surface area (Å²) in [6, 6.07) is 0.755. The van der Waals surface area contributed by atoms with E-state index in [1.165, 1.54) is 0 Å². The van der Waals surface area contributed by atoms with E-state index in [4.69, 9.17) is 17.0 Å². The molecule has 2 unspecified atom stereocenters. The number of thiocarbonyl (C=S) groups is 1. The average Bonchev–Trinajstić information content (AvgIpc) is 2.18. The lowest BCUT2D eigenvalue weighted by Crippen LogP contribution is -2.48. The highest BCUT2D eigenvalue weighted by molar-refractivity contribution is 7.80. The van der Waals surface area contributed by atoms with Crippen LogP contribution in [-0.2, 0) is 4.74 Å². The van der Waals surface area contributed by atoms with E-state index in [1.54, 1.807) is 7.11 Å². The van der Waals surface area contributed by atoms with Gasteiger partial charge in [-0.3, -0.25) is 0 Å². The van der Waals surface area contributed by atoms with Crippen LogP contribution in [0.25, 0.3) is 0 Å². The second-order valence-electron chi connectivity index (χ2n) is 3.85. The fourth-order valence-electron chi connectivity index (χ4n) is 1.46. The molecule has 1 N–H and O–H groups in total. The highest BCUT2D eigenvalue weighted by Crippen LogP contribution is 2.04. The zero-order valence-electron chi connectivity index (χ0n) is 10.5. The first-order valence-electron chi connectivity index (χ1n) is 5.62. The Hall–Kier alpha value is -0.350. The first-order chi connectivity index (χ1) is 7.06. The number of nitrogens with one attached hydrogen (secondary N) is 1. The zero-order valence-corrected chi connectivity index (χ0v) is 11.4. The van der Waals surface area contributed by atoms with Crippen LogP contribution in [0.15, 0.2) is 0 Å². The number of methoxy groups -OCH3 is 1. The summed E-state index contributed by atoms with van der Waals surface area (Å²) < 4.78 is 5.06. The SMILES string of the molecule is CCC(C)N(CC)C(=S)NC(C)COC. The van der Waals surface area contributed by atoms with E-state index in [9.17, 15) is 0 Å². The molecular weight excluding hydrogens is 208 g/mol. The average molecular weight is 232 g/mol. The van der Waals surface area contributed by atoms with Gasteiger partial charge in [-0.05, 0) is 39.4 Å². The van der Waals surface area contributed by atoms with Crippen LogP contribution in [0, 0.1) is 0 Å². The van der Waals surface area contributed by atoms with Gasteiger partial charge in [0.2, 0.25) is 0 Å². The Kier molecular flexibility index (Phi) is 7.70. The minimum atomic E-state index is 0.264. The summed E-state index contributed by atoms with van der Waals surface area (Å²) in [5.74, 6) is 0. The van der Waals surface area contributed by atoms with Crippen molar-refractivity contribution in [3.8, 4) is 0 Å². The Morgan fingerprint density at radius 2 is 2.00 bits per heavy atom. The van der Waals surface area contributed by atoms with Crippen LogP contribution in [0.3, 0.4) is 0 Å². The van der Waals surface area contributed by atoms with Gasteiger partial charge in [0, 0.05) is 25.7 Å². The molecule has 0 spiro atoms. The fourth-order valence-corrected chi connectivity index (χ4v) is 1.97. The van der Waals surface area contributed by atoms with Crippen molar-refractivity contribution in [2.75, 3.05) is 20.3 Å². The van der Waals surface area contributed by atoms with Crippen LogP contribution in [0.4, 0.5) is 0 Å². The molecule has 0 amide bonds. The van der Waals surface area contributed by atoms with E-state index >= 15 is 0 Å². The molecule has 0 aromatic rings. The van der Waals surface area contributed by atoms with Crippen molar-refractivity contribution in [2.45, 2.75) is 46.2 Å². The minimum absolute atomic E-state index is 0.264. The highest BCUT2D eigenvalue weighted by atomic mass is 32.1. The van der Waals surface area contributed by atoms with Gasteiger partial charge >= 0.3 is 0 Å². The molecule has 0 aliphatic rings. The predicted molar refractivity (Wildman–Crippen MR) is 69.2 cm³/mol. The smallest absolute Gasteiger partial charge is 0.169 e. The molecule has 3 nitrogen and oxygen atoms in total. The van der Waals surface area contributed by atoms with Crippen molar-refractivity contribution < 1.29 is 4.74 Å². The third-order valence-corrected chi connectivity index (χ3v) is 2.86. The van der Waals surface area contributed by atoms with E-state index in [2.05, 4.69) is 37.9 Å². The normalized spacial score (nSPS) is 14.5. The molecule has 0 fully saturated rings. The Bertz CT molecular complexity index is 187. The molecule has 90 valence electrons. The number of hydrogen-bond donors (Lipinski definition) is 1. The van der Waals surface area contributed by atoms with E-state index in [0.717, 1.165) is 18.1 Å². The lowest BCUT2D eigenvalue weighted by atomic mass is 10.2. The highest BCUT2D eigenvalue weighted by Gasteiger charge is 2.14. The molecule has 0 aliphatic heterocycles. The molecule has 0 bridgehead atoms. The second-order valence-corrected chi connectivity index (χ2v) is 4.24. The molecule has 0 aliphatic carbocycles. The molecule has 0 rings (SSSR count). The first kappa shape index (κ1) is 14.6. The molecule has 15 heavy (non-hydrogen) atoms. The third kappa shape index (κ3) is 5.33. The Balaban J connectivity index is 4.15. The van der Waals surface area contributed by atoms with Crippen molar-refractivity contribution in [3.05, 3.63) is 0 Å². The molecule has 0 aromatic carbocycles. The molecule has 2 atom stereocenters. The largest absolute Gasteiger partial charge is 0.383 e. The summed E-state index contributed by atoms with van der Waals surface area (Å²) in [4.78, 5) is 2.21. The summed E-state index contributed by atoms with van der Waals surface area (Å²) in [6.07, 6.45) is 1.11. The van der Waals surface area contributed by atoms with E-state index in [1.807, 2.05) is 0 Å². The number of ether oxygens (including phenoxy) is 1. The molecule has 0 saturated heterocycles. The van der Waals surface area contributed by atoms with Gasteiger partial charge in [-0.1, -0.05) is 6.92 Å². The standard InChI is InChI=1S/C11H24N2OS/c1-6-10(4)13(7-2)11(15)12-9(3)8-14-5/h9-10H,6-8H2,1-5H3,(H,12,15). The monoisotopic (exact) mass is 232 g/mol. The molecule has 0 aromatic heterocycles. The van der Waals surface area contributed by atoms with Crippen LogP contribution in [0.5, 0.6) is 0 Å². The van der Waals surface area contributed by atoms with Gasteiger partial charge in [0.05, 0.1) is 6.61 Å². The van der Waals surface area contributed by atoms with Crippen LogP contribution in [0.1, 0.15) is 34.1 Å². The van der Waals surface area contributed by atoms with Gasteiger partial charge in [0.1, 0.15) is 0 Å². The molecule has 0 saturated carbocycles. The summed E-state index contributed by atoms with van der Waals surface area (Å²) in [5.41, 5.74) is 0. The maximum absolute atomic E-state index is 5.37. The maximum atomic E-state index is 5.37. The summed E-state index contributed by atoms with van der Waals surface area (Å²) in [7, 11) is 1.70. The summed E-state index contributed by atoms with van der Waals surface area (Å²) in [5, 5.41) is 4.11. The van der Waals surface area contributed by atoms with Crippen molar-refractivity contribution in [2.24, 2.45) is 0 Å². The third-order valence-electron chi connectivity index (χ3n) is 2.51. The number of rotatable bonds is 6. The Morgan fingerprint density at radius 3 is 2.40 bits per heavy atom. The predicted octanol–water partition coefficient (Wildman–Crippen LogP) is 2.02. The molecular formula is C11H24N2OS. The summed E-state index contributed by atoms with van der Waals surface area (Å²) >= 11 is 5.37. The van der Waals surface area contributed by atoms with Gasteiger partial charge in [0.15, 0.2) is 5.11 Å². The zero-order chi connectivity index (χ0) is 11.8. The topological polar surface area (TPSA) is 24.5 Å². The van der Waals surface area contributed by atoms with Crippen LogP contribution >= 0.6 is 12.2 Å². The van der Waals surface area contributed by atoms with Crippen molar-refractivity contribution in [1.29, 1.82) is 0 Å². The van der Waals surface area contributed by atoms with Gasteiger partial charge in [0.25, 0.3) is 0 Å². The van der Waals surface area contributed by atoms with Crippen molar-refractivity contribution in [1.82, 2.24) is 10.2 Å². The van der Waals surface area contributed by atoms with Crippen molar-refractivity contribution >= 4 is 17.3 Å². The lowest BCUT2D eigenvalue weighted by Gasteiger charge is -2.31. The molecule has 0 radical (unpaired) electrons. The van der Waals surface area contributed by atoms with Gasteiger partial charge < -0.3 is 15.0 Å². The van der Waals surface area contributed by atoms with Gasteiger partial charge in [-0.25, -0.2) is 0 Å². The van der Waals surface area contributed by atoms with E-state index in [-0.39, 0.29) is 6.04 Å². The van der Waals surface area contributed by atoms with Crippen LogP contribution < -0.4 is 5.32 Å². The van der Waals surface area contributed by atoms with Gasteiger partial charge in [-0.2, -0.15) is 0 Å². The number of hydrogen-bond acceptors (Lipinski definition) is 2. The minimum Gasteiger partial charge on any atom is -0.383 e. The van der Waals surface area contributed by atoms with Crippen LogP contribution in [0.2, 0.25) is 0 Å². The fraction of sp³-hybridized carbons (Fsp3) is 0.909.